The Balaban J connectivity index is 2.51. The lowest BCUT2D eigenvalue weighted by atomic mass is 10.3. The lowest BCUT2D eigenvalue weighted by molar-refractivity contribution is 0.100. The van der Waals surface area contributed by atoms with E-state index in [1.165, 1.54) is 11.3 Å². The van der Waals surface area contributed by atoms with E-state index in [-0.39, 0.29) is 11.9 Å². The first-order valence-electron chi connectivity index (χ1n) is 4.36. The van der Waals surface area contributed by atoms with Crippen molar-refractivity contribution in [1.29, 1.82) is 0 Å². The first-order valence-corrected chi connectivity index (χ1v) is 5.24. The molecule has 0 aliphatic heterocycles. The largest absolute Gasteiger partial charge is 0.366 e. The Morgan fingerprint density at radius 3 is 3.07 bits per heavy atom. The summed E-state index contributed by atoms with van der Waals surface area (Å²) in [6, 6.07) is 2.09. The second-order valence-electron chi connectivity index (χ2n) is 3.07. The van der Waals surface area contributed by atoms with E-state index in [1.54, 1.807) is 5.38 Å². The van der Waals surface area contributed by atoms with E-state index in [0.29, 0.717) is 5.56 Å². The average molecular weight is 210 g/mol. The van der Waals surface area contributed by atoms with Crippen LogP contribution in [0.15, 0.2) is 24.1 Å². The van der Waals surface area contributed by atoms with Crippen LogP contribution in [-0.4, -0.2) is 11.9 Å². The summed E-state index contributed by atoms with van der Waals surface area (Å²) in [5, 5.41) is 5.02. The van der Waals surface area contributed by atoms with Gasteiger partial charge in [0.1, 0.15) is 0 Å². The molecule has 76 valence electrons. The first kappa shape index (κ1) is 10.9. The predicted octanol–water partition coefficient (Wildman–Crippen LogP) is 1.51. The second kappa shape index (κ2) is 4.93. The van der Waals surface area contributed by atoms with Crippen molar-refractivity contribution in [3.8, 4) is 0 Å². The molecular weight excluding hydrogens is 196 g/mol. The normalized spacial score (nSPS) is 12.4. The van der Waals surface area contributed by atoms with Gasteiger partial charge in [0.2, 0.25) is 5.91 Å². The zero-order valence-corrected chi connectivity index (χ0v) is 8.93. The van der Waals surface area contributed by atoms with E-state index in [0.717, 1.165) is 11.4 Å². The van der Waals surface area contributed by atoms with Crippen molar-refractivity contribution in [3.05, 3.63) is 34.5 Å². The van der Waals surface area contributed by atoms with Gasteiger partial charge < -0.3 is 11.1 Å². The molecule has 3 N–H and O–H groups in total. The molecule has 0 saturated heterocycles. The van der Waals surface area contributed by atoms with Crippen LogP contribution in [0.25, 0.3) is 0 Å². The van der Waals surface area contributed by atoms with Gasteiger partial charge in [-0.05, 0) is 13.0 Å². The quantitative estimate of drug-likeness (QED) is 0.724. The number of primary amides is 1. The lowest BCUT2D eigenvalue weighted by Crippen LogP contribution is -2.22. The minimum absolute atomic E-state index is 0.272. The molecule has 0 bridgehead atoms. The molecule has 1 amide bonds. The third kappa shape index (κ3) is 2.97. The van der Waals surface area contributed by atoms with Crippen LogP contribution in [0.1, 0.15) is 22.2 Å². The number of nitrogens with two attached hydrogens (primary N) is 1. The van der Waals surface area contributed by atoms with E-state index in [1.807, 2.05) is 19.1 Å². The lowest BCUT2D eigenvalue weighted by Gasteiger charge is -2.06. The predicted molar refractivity (Wildman–Crippen MR) is 59.3 cm³/mol. The van der Waals surface area contributed by atoms with Gasteiger partial charge in [-0.1, -0.05) is 6.08 Å². The number of hydrogen-bond acceptors (Lipinski definition) is 3. The molecule has 1 aromatic heterocycles. The zero-order chi connectivity index (χ0) is 10.6. The van der Waals surface area contributed by atoms with Crippen molar-refractivity contribution < 1.29 is 4.79 Å². The van der Waals surface area contributed by atoms with E-state index in [2.05, 4.69) is 11.9 Å². The Bertz CT molecular complexity index is 333. The van der Waals surface area contributed by atoms with Crippen molar-refractivity contribution in [2.75, 3.05) is 0 Å². The van der Waals surface area contributed by atoms with Gasteiger partial charge in [-0.2, -0.15) is 0 Å². The number of carbonyl (C=O) groups excluding carboxylic acids is 1. The smallest absolute Gasteiger partial charge is 0.249 e. The van der Waals surface area contributed by atoms with Gasteiger partial charge in [0.25, 0.3) is 0 Å². The molecule has 0 aliphatic rings. The molecule has 0 fully saturated rings. The van der Waals surface area contributed by atoms with Gasteiger partial charge >= 0.3 is 0 Å². The van der Waals surface area contributed by atoms with Crippen LogP contribution in [0.3, 0.4) is 0 Å². The Labute approximate surface area is 87.6 Å². The maximum atomic E-state index is 10.8. The van der Waals surface area contributed by atoms with Gasteiger partial charge in [0.05, 0.1) is 5.56 Å². The molecule has 1 rings (SSSR count). The highest BCUT2D eigenvalue weighted by atomic mass is 32.1. The maximum absolute atomic E-state index is 10.8. The van der Waals surface area contributed by atoms with E-state index in [9.17, 15) is 4.79 Å². The second-order valence-corrected chi connectivity index (χ2v) is 4.07. The number of thiophene rings is 1. The fraction of sp³-hybridized carbons (Fsp3) is 0.300. The number of amides is 1. The zero-order valence-electron chi connectivity index (χ0n) is 8.12. The van der Waals surface area contributed by atoms with Crippen molar-refractivity contribution in [3.63, 3.8) is 0 Å². The molecule has 4 heteroatoms. The molecule has 0 aliphatic carbocycles. The molecule has 0 radical (unpaired) electrons. The van der Waals surface area contributed by atoms with Crippen LogP contribution in [0.2, 0.25) is 0 Å². The van der Waals surface area contributed by atoms with Crippen molar-refractivity contribution in [2.45, 2.75) is 19.5 Å². The van der Waals surface area contributed by atoms with Crippen molar-refractivity contribution >= 4 is 17.2 Å². The fourth-order valence-corrected chi connectivity index (χ4v) is 1.77. The minimum atomic E-state index is -0.371. The Morgan fingerprint density at radius 2 is 2.57 bits per heavy atom. The monoisotopic (exact) mass is 210 g/mol. The van der Waals surface area contributed by atoms with Gasteiger partial charge in [0.15, 0.2) is 0 Å². The number of hydrogen-bond donors (Lipinski definition) is 2. The summed E-state index contributed by atoms with van der Waals surface area (Å²) in [5.41, 5.74) is 5.72. The van der Waals surface area contributed by atoms with Crippen LogP contribution >= 0.6 is 11.3 Å². The Hall–Kier alpha value is -1.13. The third-order valence-electron chi connectivity index (χ3n) is 1.89. The molecule has 0 aromatic carbocycles. The van der Waals surface area contributed by atoms with Gasteiger partial charge in [0, 0.05) is 22.8 Å². The van der Waals surface area contributed by atoms with Crippen LogP contribution in [0.4, 0.5) is 0 Å². The number of carbonyl (C=O) groups is 1. The summed E-state index contributed by atoms with van der Waals surface area (Å²) in [5.74, 6) is -0.371. The molecule has 1 atom stereocenters. The molecule has 1 unspecified atom stereocenters. The molecule has 3 nitrogen and oxygen atoms in total. The number of rotatable bonds is 5. The Morgan fingerprint density at radius 1 is 1.86 bits per heavy atom. The Kier molecular flexibility index (Phi) is 3.85. The molecule has 1 heterocycles. The minimum Gasteiger partial charge on any atom is -0.366 e. The standard InChI is InChI=1S/C10H14N2OS/c1-3-7(2)12-5-9-4-8(6-14-9)10(11)13/h3-4,6-7,12H,1,5H2,2H3,(H2,11,13). The topological polar surface area (TPSA) is 55.1 Å². The van der Waals surface area contributed by atoms with Gasteiger partial charge in [-0.15, -0.1) is 17.9 Å². The highest BCUT2D eigenvalue weighted by Gasteiger charge is 2.04. The van der Waals surface area contributed by atoms with Crippen LogP contribution < -0.4 is 11.1 Å². The summed E-state index contributed by atoms with van der Waals surface area (Å²) in [6.45, 7) is 6.44. The summed E-state index contributed by atoms with van der Waals surface area (Å²) >= 11 is 1.53. The summed E-state index contributed by atoms with van der Waals surface area (Å²) in [7, 11) is 0. The summed E-state index contributed by atoms with van der Waals surface area (Å²) < 4.78 is 0. The van der Waals surface area contributed by atoms with Crippen LogP contribution in [-0.2, 0) is 6.54 Å². The highest BCUT2D eigenvalue weighted by molar-refractivity contribution is 7.10. The van der Waals surface area contributed by atoms with Gasteiger partial charge in [-0.25, -0.2) is 0 Å². The molecule has 14 heavy (non-hydrogen) atoms. The van der Waals surface area contributed by atoms with Crippen LogP contribution in [0, 0.1) is 0 Å². The third-order valence-corrected chi connectivity index (χ3v) is 2.83. The highest BCUT2D eigenvalue weighted by Crippen LogP contribution is 2.13. The van der Waals surface area contributed by atoms with E-state index >= 15 is 0 Å². The van der Waals surface area contributed by atoms with Gasteiger partial charge in [-0.3, -0.25) is 4.79 Å². The summed E-state index contributed by atoms with van der Waals surface area (Å²) in [6.07, 6.45) is 1.84. The van der Waals surface area contributed by atoms with Crippen molar-refractivity contribution in [2.24, 2.45) is 5.73 Å². The van der Waals surface area contributed by atoms with E-state index in [4.69, 9.17) is 5.73 Å². The molecule has 0 spiro atoms. The fourth-order valence-electron chi connectivity index (χ4n) is 0.947. The van der Waals surface area contributed by atoms with Crippen molar-refractivity contribution in [1.82, 2.24) is 5.32 Å². The molecule has 0 saturated carbocycles. The van der Waals surface area contributed by atoms with Crippen LogP contribution in [0.5, 0.6) is 0 Å². The molecular formula is C10H14N2OS. The van der Waals surface area contributed by atoms with E-state index < -0.39 is 0 Å². The summed E-state index contributed by atoms with van der Waals surface area (Å²) in [4.78, 5) is 11.9. The number of nitrogens with one attached hydrogen (secondary N) is 1. The SMILES string of the molecule is C=CC(C)NCc1cc(C(N)=O)cs1. The maximum Gasteiger partial charge on any atom is 0.249 e. The average Bonchev–Trinajstić information content (AvgIpc) is 2.62. The first-order chi connectivity index (χ1) is 6.63. The molecule has 1 aromatic rings.